The number of halogens is 2. The fraction of sp³-hybridized carbons (Fsp3) is 0. The lowest BCUT2D eigenvalue weighted by Crippen LogP contribution is -2.01. The summed E-state index contributed by atoms with van der Waals surface area (Å²) in [7, 11) is 0. The molecule has 0 radical (unpaired) electrons. The second-order valence-corrected chi connectivity index (χ2v) is 2.68. The Morgan fingerprint density at radius 2 is 2.07 bits per heavy atom. The van der Waals surface area contributed by atoms with Crippen LogP contribution in [-0.2, 0) is 0 Å². The van der Waals surface area contributed by atoms with Gasteiger partial charge in [0.05, 0.1) is 11.6 Å². The van der Waals surface area contributed by atoms with Crippen LogP contribution in [0.1, 0.15) is 10.4 Å². The van der Waals surface area contributed by atoms with Crippen LogP contribution in [0.4, 0.5) is 8.78 Å². The normalized spacial score (nSPS) is 10.7. The Labute approximate surface area is 76.6 Å². The van der Waals surface area contributed by atoms with Crippen LogP contribution in [0.15, 0.2) is 22.8 Å². The molecular weight excluding hydrogens is 194 g/mol. The van der Waals surface area contributed by atoms with E-state index in [4.69, 9.17) is 9.52 Å². The minimum atomic E-state index is -1.48. The zero-order valence-corrected chi connectivity index (χ0v) is 6.75. The molecule has 1 heterocycles. The molecule has 3 nitrogen and oxygen atoms in total. The first-order chi connectivity index (χ1) is 6.61. The van der Waals surface area contributed by atoms with Crippen LogP contribution >= 0.6 is 0 Å². The third kappa shape index (κ3) is 1.06. The first-order valence-corrected chi connectivity index (χ1v) is 3.69. The Kier molecular flexibility index (Phi) is 1.73. The maximum atomic E-state index is 13.0. The van der Waals surface area contributed by atoms with Gasteiger partial charge in [0, 0.05) is 6.07 Å². The number of fused-ring (bicyclic) bond motifs is 1. The summed E-state index contributed by atoms with van der Waals surface area (Å²) in [5.74, 6) is -3.46. The van der Waals surface area contributed by atoms with E-state index in [2.05, 4.69) is 0 Å². The number of carbonyl (C=O) groups is 1. The Bertz CT molecular complexity index is 516. The molecule has 14 heavy (non-hydrogen) atoms. The van der Waals surface area contributed by atoms with Crippen molar-refractivity contribution in [1.29, 1.82) is 0 Å². The Hall–Kier alpha value is -1.91. The summed E-state index contributed by atoms with van der Waals surface area (Å²) in [6.45, 7) is 0. The number of hydrogen-bond donors (Lipinski definition) is 1. The highest BCUT2D eigenvalue weighted by Crippen LogP contribution is 2.25. The highest BCUT2D eigenvalue weighted by atomic mass is 19.1. The van der Waals surface area contributed by atoms with Crippen molar-refractivity contribution in [1.82, 2.24) is 0 Å². The summed E-state index contributed by atoms with van der Waals surface area (Å²) in [5, 5.41) is 8.61. The summed E-state index contributed by atoms with van der Waals surface area (Å²) in [6.07, 6.45) is 1.11. The van der Waals surface area contributed by atoms with Crippen LogP contribution in [0, 0.1) is 11.6 Å². The SMILES string of the molecule is O=C(O)c1c(F)cc(F)c2ccoc12. The lowest BCUT2D eigenvalue weighted by molar-refractivity contribution is 0.0693. The van der Waals surface area contributed by atoms with E-state index in [0.717, 1.165) is 6.26 Å². The van der Waals surface area contributed by atoms with Gasteiger partial charge in [0.1, 0.15) is 17.2 Å². The van der Waals surface area contributed by atoms with Gasteiger partial charge in [-0.1, -0.05) is 0 Å². The molecule has 0 aliphatic rings. The molecule has 2 aromatic rings. The zero-order valence-electron chi connectivity index (χ0n) is 6.75. The van der Waals surface area contributed by atoms with Crippen LogP contribution < -0.4 is 0 Å². The molecule has 72 valence electrons. The van der Waals surface area contributed by atoms with Crippen molar-refractivity contribution in [2.45, 2.75) is 0 Å². The molecule has 5 heteroatoms. The number of furan rings is 1. The molecule has 0 atom stereocenters. The molecule has 0 aliphatic carbocycles. The summed E-state index contributed by atoms with van der Waals surface area (Å²) >= 11 is 0. The van der Waals surface area contributed by atoms with Gasteiger partial charge in [0.15, 0.2) is 5.58 Å². The van der Waals surface area contributed by atoms with E-state index in [9.17, 15) is 13.6 Å². The minimum absolute atomic E-state index is 0.0381. The predicted molar refractivity (Wildman–Crippen MR) is 43.1 cm³/mol. The number of aromatic carboxylic acids is 1. The monoisotopic (exact) mass is 198 g/mol. The molecular formula is C9H4F2O3. The molecule has 0 saturated carbocycles. The number of hydrogen-bond acceptors (Lipinski definition) is 2. The van der Waals surface area contributed by atoms with Gasteiger partial charge in [-0.25, -0.2) is 13.6 Å². The smallest absolute Gasteiger partial charge is 0.342 e. The van der Waals surface area contributed by atoms with Crippen molar-refractivity contribution in [3.05, 3.63) is 35.6 Å². The molecule has 1 N–H and O–H groups in total. The zero-order chi connectivity index (χ0) is 10.3. The summed E-state index contributed by atoms with van der Waals surface area (Å²) in [4.78, 5) is 10.6. The molecule has 0 bridgehead atoms. The summed E-state index contributed by atoms with van der Waals surface area (Å²) < 4.78 is 30.8. The van der Waals surface area contributed by atoms with Crippen LogP contribution in [0.5, 0.6) is 0 Å². The molecule has 2 rings (SSSR count). The average Bonchev–Trinajstić information content (AvgIpc) is 2.51. The van der Waals surface area contributed by atoms with Gasteiger partial charge < -0.3 is 9.52 Å². The lowest BCUT2D eigenvalue weighted by Gasteiger charge is -1.99. The predicted octanol–water partition coefficient (Wildman–Crippen LogP) is 2.41. The molecule has 1 aromatic carbocycles. The molecule has 0 saturated heterocycles. The topological polar surface area (TPSA) is 50.4 Å². The van der Waals surface area contributed by atoms with Crippen LogP contribution in [0.3, 0.4) is 0 Å². The van der Waals surface area contributed by atoms with E-state index in [1.807, 2.05) is 0 Å². The minimum Gasteiger partial charge on any atom is -0.477 e. The fourth-order valence-corrected chi connectivity index (χ4v) is 1.26. The van der Waals surface area contributed by atoms with Gasteiger partial charge in [0.2, 0.25) is 0 Å². The first-order valence-electron chi connectivity index (χ1n) is 3.69. The maximum absolute atomic E-state index is 13.0. The molecule has 0 spiro atoms. The summed E-state index contributed by atoms with van der Waals surface area (Å²) in [5.41, 5.74) is -0.929. The third-order valence-corrected chi connectivity index (χ3v) is 1.86. The van der Waals surface area contributed by atoms with Crippen molar-refractivity contribution in [2.24, 2.45) is 0 Å². The van der Waals surface area contributed by atoms with E-state index in [1.165, 1.54) is 6.07 Å². The highest BCUT2D eigenvalue weighted by Gasteiger charge is 2.20. The Morgan fingerprint density at radius 1 is 1.36 bits per heavy atom. The number of carboxylic acid groups (broad SMARTS) is 1. The molecule has 0 aliphatic heterocycles. The Morgan fingerprint density at radius 3 is 2.71 bits per heavy atom. The van der Waals surface area contributed by atoms with E-state index in [0.29, 0.717) is 6.07 Å². The van der Waals surface area contributed by atoms with Crippen molar-refractivity contribution in [3.63, 3.8) is 0 Å². The van der Waals surface area contributed by atoms with Gasteiger partial charge in [-0.2, -0.15) is 0 Å². The molecule has 0 unspecified atom stereocenters. The van der Waals surface area contributed by atoms with Gasteiger partial charge in [-0.05, 0) is 6.07 Å². The van der Waals surface area contributed by atoms with Crippen LogP contribution in [-0.4, -0.2) is 11.1 Å². The number of benzene rings is 1. The van der Waals surface area contributed by atoms with Crippen LogP contribution in [0.2, 0.25) is 0 Å². The van der Waals surface area contributed by atoms with Crippen LogP contribution in [0.25, 0.3) is 11.0 Å². The van der Waals surface area contributed by atoms with E-state index >= 15 is 0 Å². The molecule has 0 amide bonds. The first kappa shape index (κ1) is 8.68. The molecule has 0 fully saturated rings. The van der Waals surface area contributed by atoms with Crippen molar-refractivity contribution in [2.75, 3.05) is 0 Å². The highest BCUT2D eigenvalue weighted by molar-refractivity contribution is 6.01. The van der Waals surface area contributed by atoms with Crippen molar-refractivity contribution >= 4 is 16.9 Å². The van der Waals surface area contributed by atoms with Crippen molar-refractivity contribution < 1.29 is 23.1 Å². The summed E-state index contributed by atoms with van der Waals surface area (Å²) in [6, 6.07) is 1.78. The van der Waals surface area contributed by atoms with Gasteiger partial charge >= 0.3 is 5.97 Å². The average molecular weight is 198 g/mol. The second kappa shape index (κ2) is 2.80. The van der Waals surface area contributed by atoms with Gasteiger partial charge in [-0.15, -0.1) is 0 Å². The fourth-order valence-electron chi connectivity index (χ4n) is 1.26. The number of rotatable bonds is 1. The lowest BCUT2D eigenvalue weighted by atomic mass is 10.1. The second-order valence-electron chi connectivity index (χ2n) is 2.68. The van der Waals surface area contributed by atoms with E-state index in [-0.39, 0.29) is 11.0 Å². The molecule has 1 aromatic heterocycles. The van der Waals surface area contributed by atoms with E-state index < -0.39 is 23.2 Å². The van der Waals surface area contributed by atoms with Gasteiger partial charge in [0.25, 0.3) is 0 Å². The van der Waals surface area contributed by atoms with Crippen molar-refractivity contribution in [3.8, 4) is 0 Å². The largest absolute Gasteiger partial charge is 0.477 e. The van der Waals surface area contributed by atoms with E-state index in [1.54, 1.807) is 0 Å². The maximum Gasteiger partial charge on any atom is 0.342 e. The standard InChI is InChI=1S/C9H4F2O3/c10-5-3-6(11)7(9(12)13)8-4(5)1-2-14-8/h1-3H,(H,12,13). The quantitative estimate of drug-likeness (QED) is 0.765. The third-order valence-electron chi connectivity index (χ3n) is 1.86. The number of carboxylic acids is 1. The van der Waals surface area contributed by atoms with Gasteiger partial charge in [-0.3, -0.25) is 0 Å². The Balaban J connectivity index is 2.93.